The number of para-hydroxylation sites is 1. The average molecular weight is 320 g/mol. The van der Waals surface area contributed by atoms with Crippen LogP contribution >= 0.6 is 23.1 Å². The van der Waals surface area contributed by atoms with E-state index in [4.69, 9.17) is 5.73 Å². The van der Waals surface area contributed by atoms with Gasteiger partial charge in [-0.3, -0.25) is 4.79 Å². The summed E-state index contributed by atoms with van der Waals surface area (Å²) in [6, 6.07) is 5.96. The lowest BCUT2D eigenvalue weighted by Crippen LogP contribution is -2.13. The summed E-state index contributed by atoms with van der Waals surface area (Å²) < 4.78 is 1.06. The van der Waals surface area contributed by atoms with E-state index in [0.29, 0.717) is 10.3 Å². The van der Waals surface area contributed by atoms with Crippen LogP contribution in [0.25, 0.3) is 10.2 Å². The number of thioether (sulfide) groups is 1. The first kappa shape index (κ1) is 13.8. The van der Waals surface area contributed by atoms with E-state index in [-0.39, 0.29) is 17.6 Å². The molecule has 0 radical (unpaired) electrons. The first-order valence-electron chi connectivity index (χ1n) is 6.08. The molecule has 4 N–H and O–H groups in total. The van der Waals surface area contributed by atoms with Crippen molar-refractivity contribution in [1.29, 1.82) is 0 Å². The zero-order chi connectivity index (χ0) is 14.8. The number of aromatic nitrogens is 4. The number of thiazole rings is 1. The van der Waals surface area contributed by atoms with E-state index in [1.54, 1.807) is 0 Å². The number of nitrogens with zero attached hydrogens (tertiary/aromatic N) is 3. The maximum Gasteiger partial charge on any atom is 0.236 e. The van der Waals surface area contributed by atoms with Gasteiger partial charge < -0.3 is 11.1 Å². The molecule has 0 spiro atoms. The van der Waals surface area contributed by atoms with Crippen LogP contribution in [-0.2, 0) is 4.79 Å². The van der Waals surface area contributed by atoms with Gasteiger partial charge in [-0.05, 0) is 18.6 Å². The molecule has 0 saturated heterocycles. The van der Waals surface area contributed by atoms with Gasteiger partial charge in [-0.2, -0.15) is 4.98 Å². The molecular weight excluding hydrogens is 308 g/mol. The Labute approximate surface area is 128 Å². The van der Waals surface area contributed by atoms with E-state index in [1.807, 2.05) is 25.1 Å². The molecule has 1 amide bonds. The van der Waals surface area contributed by atoms with Gasteiger partial charge in [0.2, 0.25) is 17.0 Å². The lowest BCUT2D eigenvalue weighted by Gasteiger charge is -1.98. The summed E-state index contributed by atoms with van der Waals surface area (Å²) in [6.45, 7) is 2.00. The summed E-state index contributed by atoms with van der Waals surface area (Å²) in [6.07, 6.45) is 0. The summed E-state index contributed by atoms with van der Waals surface area (Å²) in [5.41, 5.74) is 7.43. The zero-order valence-electron chi connectivity index (χ0n) is 11.1. The normalized spacial score (nSPS) is 10.9. The molecule has 21 heavy (non-hydrogen) atoms. The monoisotopic (exact) mass is 320 g/mol. The van der Waals surface area contributed by atoms with Gasteiger partial charge in [0.25, 0.3) is 0 Å². The van der Waals surface area contributed by atoms with Crippen molar-refractivity contribution in [2.75, 3.05) is 16.8 Å². The highest BCUT2D eigenvalue weighted by Crippen LogP contribution is 2.28. The van der Waals surface area contributed by atoms with Crippen molar-refractivity contribution in [3.8, 4) is 0 Å². The Bertz CT molecular complexity index is 796. The van der Waals surface area contributed by atoms with Crippen LogP contribution < -0.4 is 11.1 Å². The van der Waals surface area contributed by atoms with Crippen LogP contribution in [0.3, 0.4) is 0 Å². The second-order valence-electron chi connectivity index (χ2n) is 4.28. The van der Waals surface area contributed by atoms with Crippen molar-refractivity contribution < 1.29 is 4.79 Å². The number of fused-ring (bicyclic) bond motifs is 1. The number of amides is 1. The minimum Gasteiger partial charge on any atom is -0.368 e. The molecule has 108 valence electrons. The van der Waals surface area contributed by atoms with Gasteiger partial charge >= 0.3 is 0 Å². The van der Waals surface area contributed by atoms with Gasteiger partial charge in [-0.25, -0.2) is 10.1 Å². The summed E-state index contributed by atoms with van der Waals surface area (Å²) in [7, 11) is 0. The van der Waals surface area contributed by atoms with E-state index >= 15 is 0 Å². The molecule has 3 aromatic rings. The van der Waals surface area contributed by atoms with Gasteiger partial charge in [0.05, 0.1) is 16.0 Å². The van der Waals surface area contributed by atoms with Crippen LogP contribution in [0, 0.1) is 6.92 Å². The number of hydrogen-bond acceptors (Lipinski definition) is 7. The Morgan fingerprint density at radius 3 is 3.05 bits per heavy atom. The molecule has 9 heteroatoms. The summed E-state index contributed by atoms with van der Waals surface area (Å²) in [5.74, 6) is 0.284. The predicted octanol–water partition coefficient (Wildman–Crippen LogP) is 2.04. The minimum absolute atomic E-state index is 0.153. The molecule has 0 fully saturated rings. The fourth-order valence-electron chi connectivity index (χ4n) is 1.75. The van der Waals surface area contributed by atoms with Gasteiger partial charge in [0, 0.05) is 0 Å². The molecule has 2 heterocycles. The zero-order valence-corrected chi connectivity index (χ0v) is 12.7. The van der Waals surface area contributed by atoms with Crippen molar-refractivity contribution in [2.45, 2.75) is 12.1 Å². The number of benzene rings is 1. The van der Waals surface area contributed by atoms with E-state index < -0.39 is 0 Å². The number of aromatic amines is 1. The van der Waals surface area contributed by atoms with E-state index in [2.05, 4.69) is 25.5 Å². The lowest BCUT2D eigenvalue weighted by molar-refractivity contribution is -0.113. The third-order valence-corrected chi connectivity index (χ3v) is 4.46. The van der Waals surface area contributed by atoms with Gasteiger partial charge in [-0.1, -0.05) is 35.2 Å². The van der Waals surface area contributed by atoms with Crippen molar-refractivity contribution in [3.63, 3.8) is 0 Å². The van der Waals surface area contributed by atoms with Crippen LogP contribution in [0.5, 0.6) is 0 Å². The predicted molar refractivity (Wildman–Crippen MR) is 84.5 cm³/mol. The maximum absolute atomic E-state index is 11.9. The summed E-state index contributed by atoms with van der Waals surface area (Å²) in [5, 5.41) is 10.2. The summed E-state index contributed by atoms with van der Waals surface area (Å²) >= 11 is 2.67. The standard InChI is InChI=1S/C12H12N6OS2/c1-6-3-2-4-7-9(6)15-11(21-7)14-8(19)5-20-12-16-10(13)17-18-12/h2-4H,5H2,1H3,(H,14,15,19)(H3,13,16,17,18). The van der Waals surface area contributed by atoms with Crippen molar-refractivity contribution in [3.05, 3.63) is 23.8 Å². The largest absolute Gasteiger partial charge is 0.368 e. The molecule has 0 aliphatic heterocycles. The molecule has 0 atom stereocenters. The van der Waals surface area contributed by atoms with Crippen molar-refractivity contribution >= 4 is 50.3 Å². The first-order chi connectivity index (χ1) is 10.1. The van der Waals surface area contributed by atoms with Crippen LogP contribution in [0.1, 0.15) is 5.56 Å². The highest BCUT2D eigenvalue weighted by Gasteiger charge is 2.10. The minimum atomic E-state index is -0.153. The number of rotatable bonds is 4. The second kappa shape index (κ2) is 5.70. The number of nitrogen functional groups attached to an aromatic ring is 1. The average Bonchev–Trinajstić information content (AvgIpc) is 3.03. The Hall–Kier alpha value is -2.13. The Morgan fingerprint density at radius 1 is 1.48 bits per heavy atom. The number of nitrogens with one attached hydrogen (secondary N) is 2. The van der Waals surface area contributed by atoms with Crippen LogP contribution in [-0.4, -0.2) is 31.8 Å². The Morgan fingerprint density at radius 2 is 2.33 bits per heavy atom. The molecule has 3 rings (SSSR count). The number of hydrogen-bond donors (Lipinski definition) is 3. The number of aryl methyl sites for hydroxylation is 1. The molecule has 0 unspecified atom stereocenters. The van der Waals surface area contributed by atoms with Gasteiger partial charge in [-0.15, -0.1) is 5.10 Å². The number of anilines is 2. The topological polar surface area (TPSA) is 110 Å². The quantitative estimate of drug-likeness (QED) is 0.635. The van der Waals surface area contributed by atoms with Gasteiger partial charge in [0.1, 0.15) is 0 Å². The molecule has 0 bridgehead atoms. The molecule has 0 saturated carbocycles. The van der Waals surface area contributed by atoms with E-state index in [1.165, 1.54) is 23.1 Å². The van der Waals surface area contributed by atoms with E-state index in [0.717, 1.165) is 15.8 Å². The fourth-order valence-corrected chi connectivity index (χ4v) is 3.31. The molecule has 0 aliphatic carbocycles. The second-order valence-corrected chi connectivity index (χ2v) is 6.25. The molecule has 1 aromatic carbocycles. The van der Waals surface area contributed by atoms with Crippen LogP contribution in [0.15, 0.2) is 23.4 Å². The number of carbonyl (C=O) groups excluding carboxylic acids is 1. The third kappa shape index (κ3) is 3.14. The van der Waals surface area contributed by atoms with Gasteiger partial charge in [0.15, 0.2) is 5.13 Å². The van der Waals surface area contributed by atoms with Crippen molar-refractivity contribution in [1.82, 2.24) is 20.2 Å². The molecule has 0 aliphatic rings. The summed E-state index contributed by atoms with van der Waals surface area (Å²) in [4.78, 5) is 20.2. The Kier molecular flexibility index (Phi) is 3.76. The maximum atomic E-state index is 11.9. The number of nitrogens with two attached hydrogens (primary N) is 1. The number of H-pyrrole nitrogens is 1. The fraction of sp³-hybridized carbons (Fsp3) is 0.167. The lowest BCUT2D eigenvalue weighted by atomic mass is 10.2. The van der Waals surface area contributed by atoms with Crippen LogP contribution in [0.2, 0.25) is 0 Å². The molecule has 2 aromatic heterocycles. The Balaban J connectivity index is 1.64. The van der Waals surface area contributed by atoms with E-state index in [9.17, 15) is 4.79 Å². The highest BCUT2D eigenvalue weighted by atomic mass is 32.2. The smallest absolute Gasteiger partial charge is 0.236 e. The van der Waals surface area contributed by atoms with Crippen molar-refractivity contribution in [2.24, 2.45) is 0 Å². The highest BCUT2D eigenvalue weighted by molar-refractivity contribution is 7.99. The van der Waals surface area contributed by atoms with Crippen LogP contribution in [0.4, 0.5) is 11.1 Å². The third-order valence-electron chi connectivity index (χ3n) is 2.68. The SMILES string of the molecule is Cc1cccc2sc(NC(=O)CSc3n[nH]c(N)n3)nc12. The molecule has 7 nitrogen and oxygen atoms in total. The molecular formula is C12H12N6OS2. The number of carbonyl (C=O) groups is 1. The first-order valence-corrected chi connectivity index (χ1v) is 7.89.